The third kappa shape index (κ3) is 3.76. The number of ether oxygens (including phenoxy) is 1. The molecule has 0 N–H and O–H groups in total. The molecule has 0 bridgehead atoms. The molecule has 6 nitrogen and oxygen atoms in total. The molecule has 1 heterocycles. The monoisotopic (exact) mass is 318 g/mol. The van der Waals surface area contributed by atoms with E-state index in [2.05, 4.69) is 0 Å². The summed E-state index contributed by atoms with van der Waals surface area (Å²) in [7, 11) is 0. The van der Waals surface area contributed by atoms with Crippen LogP contribution in [0.15, 0.2) is 30.3 Å². The maximum Gasteiger partial charge on any atom is 0.327 e. The summed E-state index contributed by atoms with van der Waals surface area (Å²) in [5, 5.41) is 3.13. The normalized spacial score (nSPS) is 18.5. The number of rotatable bonds is 7. The van der Waals surface area contributed by atoms with Gasteiger partial charge in [0.15, 0.2) is 0 Å². The zero-order valence-electron chi connectivity index (χ0n) is 13.7. The summed E-state index contributed by atoms with van der Waals surface area (Å²) in [5.41, 5.74) is 0.372. The molecule has 0 aromatic heterocycles. The number of carbonyl (C=O) groups is 3. The van der Waals surface area contributed by atoms with E-state index in [0.29, 0.717) is 0 Å². The second kappa shape index (κ2) is 6.91. The van der Waals surface area contributed by atoms with Crippen LogP contribution in [-0.2, 0) is 25.7 Å². The highest BCUT2D eigenvalue weighted by molar-refractivity contribution is 5.89. The van der Waals surface area contributed by atoms with Crippen molar-refractivity contribution in [2.24, 2.45) is 0 Å². The topological polar surface area (TPSA) is 66.9 Å². The van der Waals surface area contributed by atoms with E-state index in [1.54, 1.807) is 11.9 Å². The van der Waals surface area contributed by atoms with Crippen molar-refractivity contribution in [3.8, 4) is 0 Å². The van der Waals surface area contributed by atoms with Crippen LogP contribution in [0.2, 0.25) is 0 Å². The molecular formula is C17H22N2O4. The first-order valence-electron chi connectivity index (χ1n) is 7.60. The number of esters is 1. The molecule has 0 aliphatic carbocycles. The molecule has 1 aliphatic rings. The molecule has 0 saturated carbocycles. The SMILES string of the molecule is CC1C(=O)N(CC(=O)OCc2ccccc2)N1C(C)(C)CC=O. The highest BCUT2D eigenvalue weighted by atomic mass is 16.5. The zero-order valence-corrected chi connectivity index (χ0v) is 13.7. The van der Waals surface area contributed by atoms with Crippen LogP contribution in [0.4, 0.5) is 0 Å². The lowest BCUT2D eigenvalue weighted by molar-refractivity contribution is -0.219. The Hall–Kier alpha value is -2.21. The van der Waals surface area contributed by atoms with Gasteiger partial charge in [0.25, 0.3) is 5.91 Å². The summed E-state index contributed by atoms with van der Waals surface area (Å²) >= 11 is 0. The molecule has 1 aliphatic heterocycles. The summed E-state index contributed by atoms with van der Waals surface area (Å²) < 4.78 is 5.21. The van der Waals surface area contributed by atoms with E-state index in [9.17, 15) is 14.4 Å². The van der Waals surface area contributed by atoms with Crippen LogP contribution >= 0.6 is 0 Å². The Balaban J connectivity index is 1.93. The van der Waals surface area contributed by atoms with E-state index >= 15 is 0 Å². The van der Waals surface area contributed by atoms with Crippen LogP contribution < -0.4 is 0 Å². The zero-order chi connectivity index (χ0) is 17.0. The fourth-order valence-electron chi connectivity index (χ4n) is 2.79. The van der Waals surface area contributed by atoms with Crippen molar-refractivity contribution >= 4 is 18.2 Å². The Bertz CT molecular complexity index is 586. The van der Waals surface area contributed by atoms with Gasteiger partial charge in [-0.3, -0.25) is 14.6 Å². The van der Waals surface area contributed by atoms with E-state index in [-0.39, 0.29) is 31.5 Å². The molecule has 23 heavy (non-hydrogen) atoms. The van der Waals surface area contributed by atoms with Gasteiger partial charge in [-0.25, -0.2) is 0 Å². The van der Waals surface area contributed by atoms with Crippen molar-refractivity contribution in [1.29, 1.82) is 0 Å². The van der Waals surface area contributed by atoms with Gasteiger partial charge >= 0.3 is 5.97 Å². The summed E-state index contributed by atoms with van der Waals surface area (Å²) in [6, 6.07) is 9.01. The lowest BCUT2D eigenvalue weighted by Crippen LogP contribution is -2.74. The van der Waals surface area contributed by atoms with Crippen molar-refractivity contribution in [3.05, 3.63) is 35.9 Å². The minimum atomic E-state index is -0.519. The molecule has 124 valence electrons. The molecule has 1 fully saturated rings. The molecule has 0 spiro atoms. The average molecular weight is 318 g/mol. The van der Waals surface area contributed by atoms with E-state index < -0.39 is 11.5 Å². The smallest absolute Gasteiger partial charge is 0.327 e. The fourth-order valence-corrected chi connectivity index (χ4v) is 2.79. The van der Waals surface area contributed by atoms with Gasteiger partial charge in [0, 0.05) is 12.0 Å². The first kappa shape index (κ1) is 17.1. The Morgan fingerprint density at radius 2 is 1.96 bits per heavy atom. The largest absolute Gasteiger partial charge is 0.459 e. The van der Waals surface area contributed by atoms with Crippen molar-refractivity contribution in [1.82, 2.24) is 10.0 Å². The quantitative estimate of drug-likeness (QED) is 0.563. The molecule has 1 aromatic carbocycles. The third-order valence-electron chi connectivity index (χ3n) is 3.96. The predicted molar refractivity (Wildman–Crippen MR) is 84.0 cm³/mol. The molecule has 1 unspecified atom stereocenters. The van der Waals surface area contributed by atoms with E-state index in [0.717, 1.165) is 11.8 Å². The highest BCUT2D eigenvalue weighted by Gasteiger charge is 2.50. The van der Waals surface area contributed by atoms with Crippen LogP contribution in [0.25, 0.3) is 0 Å². The van der Waals surface area contributed by atoms with Crippen molar-refractivity contribution in [2.75, 3.05) is 6.54 Å². The second-order valence-corrected chi connectivity index (χ2v) is 6.25. The first-order valence-corrected chi connectivity index (χ1v) is 7.60. The van der Waals surface area contributed by atoms with Crippen LogP contribution in [0.3, 0.4) is 0 Å². The van der Waals surface area contributed by atoms with E-state index in [4.69, 9.17) is 4.74 Å². The molecule has 2 rings (SSSR count). The number of nitrogens with zero attached hydrogens (tertiary/aromatic N) is 2. The van der Waals surface area contributed by atoms with Crippen LogP contribution in [0.1, 0.15) is 32.8 Å². The maximum atomic E-state index is 12.0. The van der Waals surface area contributed by atoms with Crippen LogP contribution in [-0.4, -0.2) is 46.3 Å². The van der Waals surface area contributed by atoms with Crippen LogP contribution in [0, 0.1) is 0 Å². The lowest BCUT2D eigenvalue weighted by atomic mass is 9.96. The summed E-state index contributed by atoms with van der Waals surface area (Å²) in [6.07, 6.45) is 1.10. The molecular weight excluding hydrogens is 296 g/mol. The molecule has 0 radical (unpaired) electrons. The number of hydrogen-bond donors (Lipinski definition) is 0. The molecule has 1 saturated heterocycles. The number of carbonyl (C=O) groups excluding carboxylic acids is 3. The van der Waals surface area contributed by atoms with Crippen molar-refractivity contribution < 1.29 is 19.1 Å². The molecule has 1 atom stereocenters. The first-order chi connectivity index (χ1) is 10.9. The molecule has 1 amide bonds. The van der Waals surface area contributed by atoms with E-state index in [1.807, 2.05) is 44.2 Å². The number of aldehydes is 1. The van der Waals surface area contributed by atoms with Gasteiger partial charge in [0.2, 0.25) is 0 Å². The number of amides is 1. The lowest BCUT2D eigenvalue weighted by Gasteiger charge is -2.55. The predicted octanol–water partition coefficient (Wildman–Crippen LogP) is 1.55. The molecule has 6 heteroatoms. The molecule has 1 aromatic rings. The fraction of sp³-hybridized carbons (Fsp3) is 0.471. The van der Waals surface area contributed by atoms with Crippen molar-refractivity contribution in [2.45, 2.75) is 45.4 Å². The Kier molecular flexibility index (Phi) is 5.15. The van der Waals surface area contributed by atoms with Gasteiger partial charge in [-0.05, 0) is 26.3 Å². The van der Waals surface area contributed by atoms with Gasteiger partial charge in [-0.1, -0.05) is 30.3 Å². The van der Waals surface area contributed by atoms with Gasteiger partial charge < -0.3 is 9.53 Å². The third-order valence-corrected chi connectivity index (χ3v) is 3.96. The number of hydrogen-bond acceptors (Lipinski definition) is 5. The Labute approximate surface area is 136 Å². The summed E-state index contributed by atoms with van der Waals surface area (Å²) in [5.74, 6) is -0.610. The van der Waals surface area contributed by atoms with Crippen LogP contribution in [0.5, 0.6) is 0 Å². The van der Waals surface area contributed by atoms with Gasteiger partial charge in [0.1, 0.15) is 25.5 Å². The average Bonchev–Trinajstić information content (AvgIpc) is 2.52. The van der Waals surface area contributed by atoms with Gasteiger partial charge in [-0.2, -0.15) is 5.01 Å². The summed E-state index contributed by atoms with van der Waals surface area (Å²) in [4.78, 5) is 34.8. The Morgan fingerprint density at radius 3 is 2.57 bits per heavy atom. The minimum absolute atomic E-state index is 0.138. The highest BCUT2D eigenvalue weighted by Crippen LogP contribution is 2.31. The Morgan fingerprint density at radius 1 is 1.30 bits per heavy atom. The number of hydrazine groups is 1. The second-order valence-electron chi connectivity index (χ2n) is 6.25. The van der Waals surface area contributed by atoms with E-state index in [1.165, 1.54) is 5.01 Å². The van der Waals surface area contributed by atoms with Gasteiger partial charge in [0.05, 0.1) is 0 Å². The number of benzene rings is 1. The van der Waals surface area contributed by atoms with Gasteiger partial charge in [-0.15, -0.1) is 0 Å². The van der Waals surface area contributed by atoms with Crippen molar-refractivity contribution in [3.63, 3.8) is 0 Å². The summed E-state index contributed by atoms with van der Waals surface area (Å²) in [6.45, 7) is 5.53. The minimum Gasteiger partial charge on any atom is -0.459 e. The standard InChI is InChI=1S/C17H22N2O4/c1-13-16(22)18(19(13)17(2,3)9-10-20)11-15(21)23-12-14-7-5-4-6-8-14/h4-8,10,13H,9,11-12H2,1-3H3. The maximum absolute atomic E-state index is 12.0.